The number of ether oxygens (including phenoxy) is 1. The highest BCUT2D eigenvalue weighted by Crippen LogP contribution is 2.39. The van der Waals surface area contributed by atoms with Crippen LogP contribution in [0.2, 0.25) is 0 Å². The Morgan fingerprint density at radius 3 is 2.29 bits per heavy atom. The maximum atomic E-state index is 12.7. The Kier molecular flexibility index (Phi) is 15.4. The summed E-state index contributed by atoms with van der Waals surface area (Å²) < 4.78 is 21.6. The molecule has 0 bridgehead atoms. The second kappa shape index (κ2) is 19.7. The van der Waals surface area contributed by atoms with Gasteiger partial charge in [0.05, 0.1) is 11.8 Å². The third-order valence-corrected chi connectivity index (χ3v) is 9.06. The molecule has 262 valence electrons. The van der Waals surface area contributed by atoms with Crippen molar-refractivity contribution in [2.45, 2.75) is 76.5 Å². The first-order valence-corrected chi connectivity index (χ1v) is 18.6. The Balaban J connectivity index is 0.993. The van der Waals surface area contributed by atoms with E-state index in [0.717, 1.165) is 68.7 Å². The molecule has 1 fully saturated rings. The average Bonchev–Trinajstić information content (AvgIpc) is 3.08. The van der Waals surface area contributed by atoms with Gasteiger partial charge in [0.25, 0.3) is 0 Å². The maximum absolute atomic E-state index is 12.7. The van der Waals surface area contributed by atoms with Gasteiger partial charge in [-0.05, 0) is 68.1 Å². The molecule has 1 saturated heterocycles. The molecule has 1 unspecified atom stereocenters. The molecule has 0 radical (unpaired) electrons. The van der Waals surface area contributed by atoms with E-state index < -0.39 is 20.0 Å². The number of phosphoric ester groups is 1. The fourth-order valence-electron chi connectivity index (χ4n) is 6.01. The number of nitrogens with two attached hydrogens (primary N) is 1. The predicted octanol–water partition coefficient (Wildman–Crippen LogP) is 6.35. The number of aliphatic hydroxyl groups excluding tert-OH is 1. The van der Waals surface area contributed by atoms with Gasteiger partial charge in [-0.1, -0.05) is 86.7 Å². The summed E-state index contributed by atoms with van der Waals surface area (Å²) in [4.78, 5) is 33.2. The molecule has 48 heavy (non-hydrogen) atoms. The molecule has 11 nitrogen and oxygen atoms in total. The molecule has 0 aromatic heterocycles. The number of aliphatic hydroxyl groups is 1. The Labute approximate surface area is 284 Å². The summed E-state index contributed by atoms with van der Waals surface area (Å²) in [6.07, 6.45) is 8.68. The van der Waals surface area contributed by atoms with E-state index in [2.05, 4.69) is 20.1 Å². The van der Waals surface area contributed by atoms with Crippen molar-refractivity contribution in [3.05, 3.63) is 83.9 Å². The molecule has 0 aliphatic carbocycles. The average molecular weight is 683 g/mol. The number of likely N-dealkylation sites (tertiary alicyclic amines) is 1. The largest absolute Gasteiger partial charge is 0.524 e. The van der Waals surface area contributed by atoms with Crippen LogP contribution in [0.5, 0.6) is 5.75 Å². The number of hydrogen-bond acceptors (Lipinski definition) is 8. The van der Waals surface area contributed by atoms with Crippen LogP contribution >= 0.6 is 7.82 Å². The summed E-state index contributed by atoms with van der Waals surface area (Å²) in [6.45, 7) is 4.20. The van der Waals surface area contributed by atoms with Gasteiger partial charge in [0.2, 0.25) is 0 Å². The monoisotopic (exact) mass is 682 g/mol. The van der Waals surface area contributed by atoms with Gasteiger partial charge in [0.1, 0.15) is 11.9 Å². The highest BCUT2D eigenvalue weighted by atomic mass is 31.2. The molecule has 1 heterocycles. The van der Waals surface area contributed by atoms with Gasteiger partial charge >= 0.3 is 13.9 Å². The lowest BCUT2D eigenvalue weighted by molar-refractivity contribution is 0.0584. The van der Waals surface area contributed by atoms with Crippen LogP contribution in [0.25, 0.3) is 11.1 Å². The molecule has 1 amide bonds. The molecule has 12 heteroatoms. The lowest BCUT2D eigenvalue weighted by Crippen LogP contribution is -2.38. The third-order valence-electron chi connectivity index (χ3n) is 8.63. The molecule has 3 aromatic rings. The zero-order valence-electron chi connectivity index (χ0n) is 27.6. The zero-order valence-corrected chi connectivity index (χ0v) is 28.5. The SMILES string of the molecule is NCc1cc(C(O)CNCCCCCCCCCN2CCC(OC(=O)Nc3ccccc3-c3ccccc3)CC2)ccc1OP(=O)(O)O. The van der Waals surface area contributed by atoms with E-state index in [4.69, 9.17) is 20.3 Å². The minimum Gasteiger partial charge on any atom is -0.446 e. The van der Waals surface area contributed by atoms with Crippen molar-refractivity contribution < 1.29 is 33.5 Å². The Morgan fingerprint density at radius 2 is 1.58 bits per heavy atom. The molecule has 0 saturated carbocycles. The number of para-hydroxylation sites is 1. The van der Waals surface area contributed by atoms with Gasteiger partial charge in [0.15, 0.2) is 0 Å². The van der Waals surface area contributed by atoms with Gasteiger partial charge in [-0.3, -0.25) is 15.1 Å². The Bertz CT molecular complexity index is 1450. The number of phosphoric acid groups is 1. The van der Waals surface area contributed by atoms with E-state index in [0.29, 0.717) is 17.7 Å². The van der Waals surface area contributed by atoms with Crippen LogP contribution in [0.1, 0.15) is 75.0 Å². The topological polar surface area (TPSA) is 167 Å². The molecule has 4 rings (SSSR count). The summed E-state index contributed by atoms with van der Waals surface area (Å²) in [5.74, 6) is 0.0186. The van der Waals surface area contributed by atoms with Crippen molar-refractivity contribution >= 4 is 19.6 Å². The molecule has 3 aromatic carbocycles. The number of benzene rings is 3. The quantitative estimate of drug-likeness (QED) is 0.0620. The predicted molar refractivity (Wildman–Crippen MR) is 189 cm³/mol. The number of amides is 1. The van der Waals surface area contributed by atoms with E-state index in [-0.39, 0.29) is 18.4 Å². The molecular weight excluding hydrogens is 631 g/mol. The summed E-state index contributed by atoms with van der Waals surface area (Å²) >= 11 is 0. The minimum absolute atomic E-state index is 0.0186. The smallest absolute Gasteiger partial charge is 0.446 e. The van der Waals surface area contributed by atoms with Crippen LogP contribution in [0.4, 0.5) is 10.5 Å². The summed E-state index contributed by atoms with van der Waals surface area (Å²) in [6, 6.07) is 22.4. The van der Waals surface area contributed by atoms with Crippen molar-refractivity contribution in [3.8, 4) is 16.9 Å². The summed E-state index contributed by atoms with van der Waals surface area (Å²) in [7, 11) is -4.68. The van der Waals surface area contributed by atoms with Crippen LogP contribution in [0.3, 0.4) is 0 Å². The zero-order chi connectivity index (χ0) is 34.2. The van der Waals surface area contributed by atoms with Gasteiger partial charge in [-0.2, -0.15) is 0 Å². The molecule has 1 atom stereocenters. The van der Waals surface area contributed by atoms with Crippen LogP contribution in [0, 0.1) is 0 Å². The Morgan fingerprint density at radius 1 is 0.917 bits per heavy atom. The van der Waals surface area contributed by atoms with Crippen LogP contribution in [-0.2, 0) is 15.8 Å². The van der Waals surface area contributed by atoms with E-state index in [1.165, 1.54) is 38.2 Å². The number of nitrogens with one attached hydrogen (secondary N) is 2. The van der Waals surface area contributed by atoms with E-state index >= 15 is 0 Å². The second-order valence-corrected chi connectivity index (χ2v) is 13.5. The van der Waals surface area contributed by atoms with E-state index in [1.54, 1.807) is 12.1 Å². The van der Waals surface area contributed by atoms with E-state index in [1.807, 2.05) is 54.6 Å². The number of carbonyl (C=O) groups is 1. The second-order valence-electron chi connectivity index (χ2n) is 12.3. The molecule has 7 N–H and O–H groups in total. The van der Waals surface area contributed by atoms with Crippen LogP contribution < -0.4 is 20.9 Å². The highest BCUT2D eigenvalue weighted by molar-refractivity contribution is 7.46. The molecular formula is C36H51N4O7P. The number of piperidine rings is 1. The van der Waals surface area contributed by atoms with Gasteiger partial charge in [-0.25, -0.2) is 9.36 Å². The Hall–Kier alpha value is -3.28. The molecule has 1 aliphatic rings. The third kappa shape index (κ3) is 13.0. The van der Waals surface area contributed by atoms with Gasteiger partial charge in [-0.15, -0.1) is 0 Å². The fourth-order valence-corrected chi connectivity index (χ4v) is 6.45. The summed E-state index contributed by atoms with van der Waals surface area (Å²) in [5, 5.41) is 16.7. The van der Waals surface area contributed by atoms with Crippen molar-refractivity contribution in [1.29, 1.82) is 0 Å². The first-order chi connectivity index (χ1) is 23.2. The van der Waals surface area contributed by atoms with Gasteiger partial charge < -0.3 is 30.3 Å². The molecule has 0 spiro atoms. The number of anilines is 1. The van der Waals surface area contributed by atoms with Crippen molar-refractivity contribution in [2.75, 3.05) is 38.0 Å². The highest BCUT2D eigenvalue weighted by Gasteiger charge is 2.23. The first kappa shape index (κ1) is 37.5. The lowest BCUT2D eigenvalue weighted by atomic mass is 10.0. The van der Waals surface area contributed by atoms with Crippen LogP contribution in [0.15, 0.2) is 72.8 Å². The maximum Gasteiger partial charge on any atom is 0.524 e. The van der Waals surface area contributed by atoms with Crippen molar-refractivity contribution in [2.24, 2.45) is 5.73 Å². The van der Waals surface area contributed by atoms with Crippen LogP contribution in [-0.4, -0.2) is 64.7 Å². The normalized spacial score (nSPS) is 14.8. The number of rotatable bonds is 19. The number of carbonyl (C=O) groups excluding carboxylic acids is 1. The van der Waals surface area contributed by atoms with Gasteiger partial charge in [0, 0.05) is 37.3 Å². The minimum atomic E-state index is -4.68. The standard InChI is InChI=1S/C36H51N4O7P/c37-26-30-25-29(17-18-35(30)47-48(43,44)45)34(41)27-38-21-11-4-2-1-3-5-12-22-40-23-19-31(20-24-40)46-36(42)39-33-16-10-9-15-32(33)28-13-7-6-8-14-28/h6-10,13-18,25,31,34,38,41H,1-5,11-12,19-24,26-27,37H2,(H,39,42)(H2,43,44,45). The number of hydrogen-bond donors (Lipinski definition) is 6. The first-order valence-electron chi connectivity index (χ1n) is 17.0. The number of unbranched alkanes of at least 4 members (excludes halogenated alkanes) is 6. The van der Waals surface area contributed by atoms with E-state index in [9.17, 15) is 14.5 Å². The summed E-state index contributed by atoms with van der Waals surface area (Å²) in [5.41, 5.74) is 9.49. The molecule has 1 aliphatic heterocycles. The fraction of sp³-hybridized carbons (Fsp3) is 0.472. The number of nitrogens with zero attached hydrogens (tertiary/aromatic N) is 1. The van der Waals surface area contributed by atoms with Crippen molar-refractivity contribution in [3.63, 3.8) is 0 Å². The van der Waals surface area contributed by atoms with Crippen molar-refractivity contribution in [1.82, 2.24) is 10.2 Å². The lowest BCUT2D eigenvalue weighted by Gasteiger charge is -2.31.